The second-order valence-corrected chi connectivity index (χ2v) is 6.10. The molecule has 4 heteroatoms. The molecule has 3 nitrogen and oxygen atoms in total. The van der Waals surface area contributed by atoms with E-state index in [0.29, 0.717) is 13.0 Å². The molecule has 0 aromatic heterocycles. The molecular formula is C22H24FO3-. The number of ether oxygens (including phenoxy) is 1. The molecule has 0 radical (unpaired) electrons. The van der Waals surface area contributed by atoms with E-state index in [1.165, 1.54) is 6.08 Å². The van der Waals surface area contributed by atoms with Crippen molar-refractivity contribution in [2.75, 3.05) is 13.3 Å². The summed E-state index contributed by atoms with van der Waals surface area (Å²) in [5.74, 6) is -0.365. The summed E-state index contributed by atoms with van der Waals surface area (Å²) in [4.78, 5) is 10.4. The fraction of sp³-hybridized carbons (Fsp3) is 0.318. The molecule has 0 saturated heterocycles. The molecule has 0 aliphatic heterocycles. The summed E-state index contributed by atoms with van der Waals surface area (Å²) in [5, 5.41) is 10.4. The van der Waals surface area contributed by atoms with Crippen molar-refractivity contribution in [2.45, 2.75) is 32.1 Å². The van der Waals surface area contributed by atoms with Crippen molar-refractivity contribution < 1.29 is 19.0 Å². The van der Waals surface area contributed by atoms with Gasteiger partial charge >= 0.3 is 0 Å². The average molecular weight is 355 g/mol. The molecule has 2 rings (SSSR count). The van der Waals surface area contributed by atoms with Gasteiger partial charge in [0, 0.05) is 0 Å². The fourth-order valence-electron chi connectivity index (χ4n) is 2.61. The van der Waals surface area contributed by atoms with Crippen LogP contribution >= 0.6 is 0 Å². The van der Waals surface area contributed by atoms with Gasteiger partial charge < -0.3 is 14.6 Å². The van der Waals surface area contributed by atoms with E-state index in [0.717, 1.165) is 54.2 Å². The van der Waals surface area contributed by atoms with Gasteiger partial charge in [0.25, 0.3) is 0 Å². The van der Waals surface area contributed by atoms with Crippen LogP contribution in [-0.2, 0) is 4.79 Å². The van der Waals surface area contributed by atoms with Gasteiger partial charge in [-0.15, -0.1) is 0 Å². The fourth-order valence-corrected chi connectivity index (χ4v) is 2.61. The lowest BCUT2D eigenvalue weighted by Gasteiger charge is -2.08. The summed E-state index contributed by atoms with van der Waals surface area (Å²) in [6.45, 7) is 0.455. The Morgan fingerprint density at radius 3 is 2.08 bits per heavy atom. The van der Waals surface area contributed by atoms with Crippen molar-refractivity contribution in [3.05, 3.63) is 60.2 Å². The lowest BCUT2D eigenvalue weighted by Crippen LogP contribution is -2.18. The normalized spacial score (nSPS) is 11.0. The van der Waals surface area contributed by atoms with Crippen LogP contribution in [0, 0.1) is 0 Å². The first-order valence-corrected chi connectivity index (χ1v) is 8.97. The summed E-state index contributed by atoms with van der Waals surface area (Å²) >= 11 is 0. The summed E-state index contributed by atoms with van der Waals surface area (Å²) in [7, 11) is 0. The topological polar surface area (TPSA) is 49.4 Å². The van der Waals surface area contributed by atoms with E-state index >= 15 is 0 Å². The van der Waals surface area contributed by atoms with E-state index in [-0.39, 0.29) is 6.67 Å². The number of carbonyl (C=O) groups is 1. The van der Waals surface area contributed by atoms with E-state index in [4.69, 9.17) is 4.74 Å². The van der Waals surface area contributed by atoms with Gasteiger partial charge in [0.2, 0.25) is 0 Å². The molecule has 0 atom stereocenters. The van der Waals surface area contributed by atoms with Gasteiger partial charge in [0.05, 0.1) is 19.3 Å². The Labute approximate surface area is 154 Å². The molecule has 138 valence electrons. The van der Waals surface area contributed by atoms with Crippen LogP contribution in [0.1, 0.15) is 37.7 Å². The number of alkyl halides is 1. The highest BCUT2D eigenvalue weighted by Gasteiger charge is 1.99. The number of rotatable bonds is 11. The van der Waals surface area contributed by atoms with E-state index in [1.807, 2.05) is 48.5 Å². The summed E-state index contributed by atoms with van der Waals surface area (Å²) in [6.07, 6.45) is 7.24. The molecule has 2 aromatic rings. The number of hydrogen-bond donors (Lipinski definition) is 0. The zero-order valence-electron chi connectivity index (χ0n) is 14.8. The maximum absolute atomic E-state index is 12.0. The molecular weight excluding hydrogens is 331 g/mol. The second-order valence-electron chi connectivity index (χ2n) is 6.10. The van der Waals surface area contributed by atoms with E-state index < -0.39 is 5.97 Å². The number of unbranched alkanes of at least 4 members (excludes halogenated alkanes) is 4. The molecule has 0 fully saturated rings. The van der Waals surface area contributed by atoms with E-state index in [2.05, 4.69) is 0 Å². The summed E-state index contributed by atoms with van der Waals surface area (Å²) in [6, 6.07) is 15.5. The number of hydrogen-bond acceptors (Lipinski definition) is 3. The van der Waals surface area contributed by atoms with Gasteiger partial charge in [-0.3, -0.25) is 4.39 Å². The Morgan fingerprint density at radius 1 is 0.885 bits per heavy atom. The minimum atomic E-state index is -1.20. The van der Waals surface area contributed by atoms with Crippen LogP contribution in [0.5, 0.6) is 5.75 Å². The molecule has 0 bridgehead atoms. The first kappa shape index (κ1) is 19.7. The highest BCUT2D eigenvalue weighted by atomic mass is 19.1. The van der Waals surface area contributed by atoms with Crippen molar-refractivity contribution in [1.82, 2.24) is 0 Å². The Hall–Kier alpha value is -2.62. The van der Waals surface area contributed by atoms with Gasteiger partial charge in [-0.25, -0.2) is 0 Å². The van der Waals surface area contributed by atoms with Crippen LogP contribution in [0.4, 0.5) is 4.39 Å². The maximum atomic E-state index is 12.0. The Morgan fingerprint density at radius 2 is 1.46 bits per heavy atom. The number of carboxylic acid groups (broad SMARTS) is 1. The third-order valence-electron chi connectivity index (χ3n) is 4.06. The third-order valence-corrected chi connectivity index (χ3v) is 4.06. The molecule has 0 heterocycles. The summed E-state index contributed by atoms with van der Waals surface area (Å²) in [5.41, 5.74) is 2.93. The number of halogens is 1. The lowest BCUT2D eigenvalue weighted by atomic mass is 10.0. The average Bonchev–Trinajstić information content (AvgIpc) is 2.66. The molecule has 0 N–H and O–H groups in total. The molecule has 0 unspecified atom stereocenters. The maximum Gasteiger partial charge on any atom is 0.119 e. The van der Waals surface area contributed by atoms with Gasteiger partial charge in [0.1, 0.15) is 5.75 Å². The Bertz CT molecular complexity index is 690. The van der Waals surface area contributed by atoms with Crippen LogP contribution in [0.3, 0.4) is 0 Å². The highest BCUT2D eigenvalue weighted by molar-refractivity contribution is 5.83. The number of carboxylic acids is 1. The van der Waals surface area contributed by atoms with Gasteiger partial charge in [0.15, 0.2) is 0 Å². The molecule has 0 spiro atoms. The van der Waals surface area contributed by atoms with Gasteiger partial charge in [-0.05, 0) is 47.7 Å². The molecule has 26 heavy (non-hydrogen) atoms. The number of benzene rings is 2. The number of aliphatic carboxylic acids is 1. The Balaban J connectivity index is 1.80. The highest BCUT2D eigenvalue weighted by Crippen LogP contribution is 2.23. The number of carbonyl (C=O) groups excluding carboxylic acids is 1. The zero-order valence-corrected chi connectivity index (χ0v) is 14.8. The standard InChI is InChI=1S/C22H25FO3/c23-16-4-2-1-3-5-17-26-21-13-11-20(12-14-21)19-9-6-18(7-10-19)8-15-22(24)25/h6-15H,1-5,16-17H2,(H,24,25)/p-1/b15-8+. The second kappa shape index (κ2) is 11.1. The largest absolute Gasteiger partial charge is 0.545 e. The third kappa shape index (κ3) is 7.09. The van der Waals surface area contributed by atoms with Crippen molar-refractivity contribution >= 4 is 12.0 Å². The minimum Gasteiger partial charge on any atom is -0.545 e. The van der Waals surface area contributed by atoms with Crippen molar-refractivity contribution in [2.24, 2.45) is 0 Å². The van der Waals surface area contributed by atoms with Crippen LogP contribution in [0.2, 0.25) is 0 Å². The van der Waals surface area contributed by atoms with Gasteiger partial charge in [-0.1, -0.05) is 61.7 Å². The predicted molar refractivity (Wildman–Crippen MR) is 100 cm³/mol. The monoisotopic (exact) mass is 355 g/mol. The van der Waals surface area contributed by atoms with Crippen LogP contribution < -0.4 is 9.84 Å². The van der Waals surface area contributed by atoms with Crippen molar-refractivity contribution in [3.8, 4) is 16.9 Å². The Kier molecular flexibility index (Phi) is 8.40. The minimum absolute atomic E-state index is 0.220. The predicted octanol–water partition coefficient (Wildman–Crippen LogP) is 4.42. The van der Waals surface area contributed by atoms with E-state index in [1.54, 1.807) is 0 Å². The molecule has 0 aliphatic carbocycles. The van der Waals surface area contributed by atoms with Crippen molar-refractivity contribution in [3.63, 3.8) is 0 Å². The smallest absolute Gasteiger partial charge is 0.119 e. The first-order chi connectivity index (χ1) is 12.7. The summed E-state index contributed by atoms with van der Waals surface area (Å²) < 4.78 is 17.7. The molecule has 0 saturated carbocycles. The quantitative estimate of drug-likeness (QED) is 0.443. The molecule has 0 aliphatic rings. The first-order valence-electron chi connectivity index (χ1n) is 8.97. The van der Waals surface area contributed by atoms with Gasteiger partial charge in [-0.2, -0.15) is 0 Å². The lowest BCUT2D eigenvalue weighted by molar-refractivity contribution is -0.297. The van der Waals surface area contributed by atoms with Crippen LogP contribution in [-0.4, -0.2) is 19.3 Å². The van der Waals surface area contributed by atoms with Crippen LogP contribution in [0.25, 0.3) is 17.2 Å². The molecule has 2 aromatic carbocycles. The van der Waals surface area contributed by atoms with Crippen molar-refractivity contribution in [1.29, 1.82) is 0 Å². The SMILES string of the molecule is O=C([O-])/C=C/c1ccc(-c2ccc(OCCCCCCCF)cc2)cc1. The molecule has 0 amide bonds. The zero-order chi connectivity index (χ0) is 18.6. The van der Waals surface area contributed by atoms with E-state index in [9.17, 15) is 14.3 Å². The van der Waals surface area contributed by atoms with Crippen LogP contribution in [0.15, 0.2) is 54.6 Å².